The summed E-state index contributed by atoms with van der Waals surface area (Å²) in [5.41, 5.74) is 0. The molecular formula is C8H12N4O2S. The monoisotopic (exact) mass is 228 g/mol. The molecule has 2 amide bonds. The van der Waals surface area contributed by atoms with Gasteiger partial charge in [-0.15, -0.1) is 10.2 Å². The first-order valence-electron chi connectivity index (χ1n) is 4.41. The summed E-state index contributed by atoms with van der Waals surface area (Å²) in [6.07, 6.45) is 0. The van der Waals surface area contributed by atoms with Crippen molar-refractivity contribution in [3.05, 3.63) is 5.01 Å². The zero-order valence-corrected chi connectivity index (χ0v) is 9.51. The molecule has 0 fully saturated rings. The van der Waals surface area contributed by atoms with Gasteiger partial charge < -0.3 is 5.32 Å². The maximum Gasteiger partial charge on any atom is 0.315 e. The summed E-state index contributed by atoms with van der Waals surface area (Å²) in [5, 5.41) is 13.3. The predicted molar refractivity (Wildman–Crippen MR) is 56.6 cm³/mol. The van der Waals surface area contributed by atoms with Crippen LogP contribution in [0.5, 0.6) is 0 Å². The van der Waals surface area contributed by atoms with E-state index in [1.165, 1.54) is 11.3 Å². The maximum atomic E-state index is 11.3. The smallest absolute Gasteiger partial charge is 0.315 e. The van der Waals surface area contributed by atoms with Crippen LogP contribution in [0.4, 0.5) is 5.13 Å². The van der Waals surface area contributed by atoms with Gasteiger partial charge >= 0.3 is 11.8 Å². The second kappa shape index (κ2) is 4.83. The molecule has 0 bridgehead atoms. The molecule has 15 heavy (non-hydrogen) atoms. The minimum absolute atomic E-state index is 0.0700. The average Bonchev–Trinajstić information content (AvgIpc) is 2.50. The van der Waals surface area contributed by atoms with E-state index in [0.29, 0.717) is 5.13 Å². The fraction of sp³-hybridized carbons (Fsp3) is 0.500. The Hall–Kier alpha value is -1.50. The van der Waals surface area contributed by atoms with Crippen LogP contribution in [0.25, 0.3) is 0 Å². The molecule has 0 spiro atoms. The summed E-state index contributed by atoms with van der Waals surface area (Å²) in [7, 11) is 0. The Balaban J connectivity index is 2.52. The van der Waals surface area contributed by atoms with Crippen LogP contribution in [0.1, 0.15) is 18.9 Å². The molecule has 6 nitrogen and oxygen atoms in total. The molecule has 0 aliphatic rings. The van der Waals surface area contributed by atoms with Crippen molar-refractivity contribution in [1.29, 1.82) is 0 Å². The van der Waals surface area contributed by atoms with Gasteiger partial charge in [0.2, 0.25) is 5.13 Å². The van der Waals surface area contributed by atoms with Gasteiger partial charge in [-0.25, -0.2) is 0 Å². The van der Waals surface area contributed by atoms with Gasteiger partial charge in [0.1, 0.15) is 5.01 Å². The molecular weight excluding hydrogens is 216 g/mol. The SMILES string of the molecule is Cc1nnc(NC(=O)C(=O)NC(C)C)s1. The first-order valence-corrected chi connectivity index (χ1v) is 5.22. The standard InChI is InChI=1S/C8H12N4O2S/c1-4(2)9-6(13)7(14)10-8-12-11-5(3)15-8/h4H,1-3H3,(H,9,13)(H,10,12,14). The summed E-state index contributed by atoms with van der Waals surface area (Å²) in [5.74, 6) is -1.39. The lowest BCUT2D eigenvalue weighted by molar-refractivity contribution is -0.136. The molecule has 7 heteroatoms. The molecule has 0 unspecified atom stereocenters. The number of nitrogens with one attached hydrogen (secondary N) is 2. The number of anilines is 1. The highest BCUT2D eigenvalue weighted by molar-refractivity contribution is 7.15. The van der Waals surface area contributed by atoms with Gasteiger partial charge in [0.05, 0.1) is 0 Å². The van der Waals surface area contributed by atoms with Crippen molar-refractivity contribution in [3.63, 3.8) is 0 Å². The van der Waals surface area contributed by atoms with E-state index in [1.807, 2.05) is 0 Å². The summed E-state index contributed by atoms with van der Waals surface area (Å²) in [6.45, 7) is 5.32. The minimum atomic E-state index is -0.722. The molecule has 0 saturated heterocycles. The van der Waals surface area contributed by atoms with Crippen LogP contribution in [0.2, 0.25) is 0 Å². The van der Waals surface area contributed by atoms with Crippen molar-refractivity contribution in [2.75, 3.05) is 5.32 Å². The number of carbonyl (C=O) groups is 2. The Morgan fingerprint density at radius 3 is 2.40 bits per heavy atom. The summed E-state index contributed by atoms with van der Waals surface area (Å²) in [4.78, 5) is 22.5. The van der Waals surface area contributed by atoms with Crippen molar-refractivity contribution in [1.82, 2.24) is 15.5 Å². The predicted octanol–water partition coefficient (Wildman–Crippen LogP) is 0.310. The number of rotatable bonds is 2. The van der Waals surface area contributed by atoms with Crippen LogP contribution in [0.3, 0.4) is 0 Å². The largest absolute Gasteiger partial charge is 0.346 e. The number of hydrogen-bond donors (Lipinski definition) is 2. The molecule has 2 N–H and O–H groups in total. The number of nitrogens with zero attached hydrogens (tertiary/aromatic N) is 2. The third kappa shape index (κ3) is 3.62. The zero-order valence-electron chi connectivity index (χ0n) is 8.70. The van der Waals surface area contributed by atoms with E-state index >= 15 is 0 Å². The molecule has 1 aromatic rings. The van der Waals surface area contributed by atoms with Gasteiger partial charge in [0.15, 0.2) is 0 Å². The maximum absolute atomic E-state index is 11.3. The van der Waals surface area contributed by atoms with E-state index in [4.69, 9.17) is 0 Å². The summed E-state index contributed by atoms with van der Waals surface area (Å²) < 4.78 is 0. The molecule has 0 atom stereocenters. The average molecular weight is 228 g/mol. The molecule has 0 aromatic carbocycles. The van der Waals surface area contributed by atoms with Crippen LogP contribution >= 0.6 is 11.3 Å². The Bertz CT molecular complexity index is 374. The second-order valence-electron chi connectivity index (χ2n) is 3.21. The molecule has 0 saturated carbocycles. The van der Waals surface area contributed by atoms with E-state index < -0.39 is 11.8 Å². The van der Waals surface area contributed by atoms with E-state index in [9.17, 15) is 9.59 Å². The highest BCUT2D eigenvalue weighted by Crippen LogP contribution is 2.12. The first kappa shape index (κ1) is 11.6. The third-order valence-electron chi connectivity index (χ3n) is 1.37. The molecule has 0 radical (unpaired) electrons. The molecule has 1 aromatic heterocycles. The van der Waals surface area contributed by atoms with Crippen molar-refractivity contribution < 1.29 is 9.59 Å². The minimum Gasteiger partial charge on any atom is -0.346 e. The van der Waals surface area contributed by atoms with Crippen molar-refractivity contribution in [3.8, 4) is 0 Å². The zero-order chi connectivity index (χ0) is 11.4. The molecule has 0 aliphatic heterocycles. The number of aromatic nitrogens is 2. The first-order chi connectivity index (χ1) is 6.99. The van der Waals surface area contributed by atoms with Gasteiger partial charge in [0, 0.05) is 6.04 Å². The molecule has 0 aliphatic carbocycles. The van der Waals surface area contributed by atoms with Crippen molar-refractivity contribution in [2.24, 2.45) is 0 Å². The van der Waals surface area contributed by atoms with E-state index in [2.05, 4.69) is 20.8 Å². The quantitative estimate of drug-likeness (QED) is 0.713. The van der Waals surface area contributed by atoms with Gasteiger partial charge in [0.25, 0.3) is 0 Å². The van der Waals surface area contributed by atoms with Gasteiger partial charge in [-0.2, -0.15) is 0 Å². The lowest BCUT2D eigenvalue weighted by atomic mass is 10.4. The van der Waals surface area contributed by atoms with Crippen LogP contribution in [0, 0.1) is 6.92 Å². The van der Waals surface area contributed by atoms with Crippen LogP contribution in [0.15, 0.2) is 0 Å². The topological polar surface area (TPSA) is 84.0 Å². The molecule has 82 valence electrons. The second-order valence-corrected chi connectivity index (χ2v) is 4.39. The van der Waals surface area contributed by atoms with Gasteiger partial charge in [-0.05, 0) is 20.8 Å². The molecule has 1 heterocycles. The third-order valence-corrected chi connectivity index (χ3v) is 2.13. The van der Waals surface area contributed by atoms with Crippen LogP contribution < -0.4 is 10.6 Å². The normalized spacial score (nSPS) is 10.1. The fourth-order valence-electron chi connectivity index (χ4n) is 0.829. The van der Waals surface area contributed by atoms with Gasteiger partial charge in [-0.1, -0.05) is 11.3 Å². The van der Waals surface area contributed by atoms with E-state index in [0.717, 1.165) is 5.01 Å². The van der Waals surface area contributed by atoms with Crippen LogP contribution in [-0.4, -0.2) is 28.1 Å². The fourth-order valence-corrected chi connectivity index (χ4v) is 1.42. The Kier molecular flexibility index (Phi) is 3.73. The summed E-state index contributed by atoms with van der Waals surface area (Å²) in [6, 6.07) is -0.0700. The van der Waals surface area contributed by atoms with E-state index in [-0.39, 0.29) is 6.04 Å². The van der Waals surface area contributed by atoms with Crippen molar-refractivity contribution >= 4 is 28.3 Å². The Morgan fingerprint density at radius 1 is 1.27 bits per heavy atom. The van der Waals surface area contributed by atoms with Gasteiger partial charge in [-0.3, -0.25) is 14.9 Å². The van der Waals surface area contributed by atoms with Crippen molar-refractivity contribution in [2.45, 2.75) is 26.8 Å². The number of carbonyl (C=O) groups excluding carboxylic acids is 2. The lowest BCUT2D eigenvalue weighted by Crippen LogP contribution is -2.39. The lowest BCUT2D eigenvalue weighted by Gasteiger charge is -2.06. The summed E-state index contributed by atoms with van der Waals surface area (Å²) >= 11 is 1.22. The van der Waals surface area contributed by atoms with Crippen LogP contribution in [-0.2, 0) is 9.59 Å². The molecule has 1 rings (SSSR count). The Labute approximate surface area is 91.1 Å². The Morgan fingerprint density at radius 2 is 1.93 bits per heavy atom. The number of hydrogen-bond acceptors (Lipinski definition) is 5. The number of aryl methyl sites for hydroxylation is 1. The highest BCUT2D eigenvalue weighted by atomic mass is 32.1. The number of amides is 2. The highest BCUT2D eigenvalue weighted by Gasteiger charge is 2.15. The van der Waals surface area contributed by atoms with E-state index in [1.54, 1.807) is 20.8 Å².